The first-order valence-electron chi connectivity index (χ1n) is 6.72. The van der Waals surface area contributed by atoms with E-state index in [4.69, 9.17) is 0 Å². The number of rotatable bonds is 1. The van der Waals surface area contributed by atoms with Crippen LogP contribution in [0.4, 0.5) is 0 Å². The first-order chi connectivity index (χ1) is 8.16. The SMILES string of the molecule is CC1CCC(C)N1C1CCc2cc(Br)ccc21. The molecular weight excluding hydrogens is 274 g/mol. The molecule has 3 rings (SSSR count). The summed E-state index contributed by atoms with van der Waals surface area (Å²) in [6.45, 7) is 4.78. The minimum absolute atomic E-state index is 0.672. The Hall–Kier alpha value is -0.340. The standard InChI is InChI=1S/C15H20BrN/c1-10-3-4-11(2)17(10)15-8-5-12-9-13(16)6-7-14(12)15/h6-7,9-11,15H,3-5,8H2,1-2H3. The Morgan fingerprint density at radius 1 is 1.12 bits per heavy atom. The number of hydrogen-bond donors (Lipinski definition) is 0. The zero-order valence-electron chi connectivity index (χ0n) is 10.6. The van der Waals surface area contributed by atoms with Crippen LogP contribution >= 0.6 is 15.9 Å². The minimum Gasteiger partial charge on any atom is -0.291 e. The van der Waals surface area contributed by atoms with E-state index in [-0.39, 0.29) is 0 Å². The molecule has 1 aromatic rings. The van der Waals surface area contributed by atoms with Crippen LogP contribution in [0.2, 0.25) is 0 Å². The van der Waals surface area contributed by atoms with Gasteiger partial charge in [-0.2, -0.15) is 0 Å². The van der Waals surface area contributed by atoms with Gasteiger partial charge < -0.3 is 0 Å². The van der Waals surface area contributed by atoms with Crippen LogP contribution in [0.3, 0.4) is 0 Å². The van der Waals surface area contributed by atoms with Crippen LogP contribution in [0.1, 0.15) is 50.3 Å². The summed E-state index contributed by atoms with van der Waals surface area (Å²) in [4.78, 5) is 2.75. The van der Waals surface area contributed by atoms with Crippen LogP contribution in [0.5, 0.6) is 0 Å². The third kappa shape index (κ3) is 1.96. The molecule has 0 spiro atoms. The van der Waals surface area contributed by atoms with Crippen LogP contribution in [-0.4, -0.2) is 17.0 Å². The fourth-order valence-corrected chi connectivity index (χ4v) is 4.11. The lowest BCUT2D eigenvalue weighted by Crippen LogP contribution is -2.35. The van der Waals surface area contributed by atoms with E-state index in [1.807, 2.05) is 0 Å². The second-order valence-electron chi connectivity index (χ2n) is 5.62. The molecule has 1 aromatic carbocycles. The van der Waals surface area contributed by atoms with Gasteiger partial charge in [0.2, 0.25) is 0 Å². The van der Waals surface area contributed by atoms with Crippen molar-refractivity contribution in [3.8, 4) is 0 Å². The van der Waals surface area contributed by atoms with Crippen molar-refractivity contribution in [2.24, 2.45) is 0 Å². The Morgan fingerprint density at radius 2 is 1.82 bits per heavy atom. The van der Waals surface area contributed by atoms with Crippen LogP contribution in [0, 0.1) is 0 Å². The second kappa shape index (κ2) is 4.40. The summed E-state index contributed by atoms with van der Waals surface area (Å²) in [6.07, 6.45) is 5.28. The van der Waals surface area contributed by atoms with Crippen molar-refractivity contribution in [2.75, 3.05) is 0 Å². The van der Waals surface area contributed by atoms with Crippen LogP contribution in [-0.2, 0) is 6.42 Å². The molecule has 2 heteroatoms. The number of nitrogens with zero attached hydrogens (tertiary/aromatic N) is 1. The van der Waals surface area contributed by atoms with Crippen molar-refractivity contribution in [1.82, 2.24) is 4.90 Å². The average molecular weight is 294 g/mol. The fourth-order valence-electron chi connectivity index (χ4n) is 3.70. The first kappa shape index (κ1) is 11.7. The van der Waals surface area contributed by atoms with Crippen LogP contribution in [0.15, 0.2) is 22.7 Å². The van der Waals surface area contributed by atoms with Crippen molar-refractivity contribution >= 4 is 15.9 Å². The highest BCUT2D eigenvalue weighted by Gasteiger charge is 2.36. The molecule has 1 aliphatic carbocycles. The highest BCUT2D eigenvalue weighted by molar-refractivity contribution is 9.10. The Bertz CT molecular complexity index is 419. The summed E-state index contributed by atoms with van der Waals surface area (Å²) in [7, 11) is 0. The predicted octanol–water partition coefficient (Wildman–Crippen LogP) is 4.31. The summed E-state index contributed by atoms with van der Waals surface area (Å²) in [5.74, 6) is 0. The largest absolute Gasteiger partial charge is 0.291 e. The van der Waals surface area contributed by atoms with Crippen molar-refractivity contribution < 1.29 is 0 Å². The molecule has 1 saturated heterocycles. The number of hydrogen-bond acceptors (Lipinski definition) is 1. The Labute approximate surface area is 112 Å². The maximum Gasteiger partial charge on any atom is 0.0359 e. The van der Waals surface area contributed by atoms with Crippen LogP contribution in [0.25, 0.3) is 0 Å². The lowest BCUT2D eigenvalue weighted by Gasteiger charge is -2.33. The van der Waals surface area contributed by atoms with Crippen molar-refractivity contribution in [1.29, 1.82) is 0 Å². The van der Waals surface area contributed by atoms with Gasteiger partial charge in [0.1, 0.15) is 0 Å². The number of aryl methyl sites for hydroxylation is 1. The van der Waals surface area contributed by atoms with Gasteiger partial charge in [0.25, 0.3) is 0 Å². The summed E-state index contributed by atoms with van der Waals surface area (Å²) >= 11 is 3.58. The van der Waals surface area contributed by atoms with Gasteiger partial charge in [-0.05, 0) is 62.8 Å². The predicted molar refractivity (Wildman–Crippen MR) is 75.2 cm³/mol. The third-order valence-electron chi connectivity index (χ3n) is 4.53. The molecule has 0 bridgehead atoms. The maximum atomic E-state index is 3.58. The monoisotopic (exact) mass is 293 g/mol. The molecule has 0 N–H and O–H groups in total. The average Bonchev–Trinajstić information content (AvgIpc) is 2.83. The van der Waals surface area contributed by atoms with E-state index >= 15 is 0 Å². The van der Waals surface area contributed by atoms with Gasteiger partial charge in [0.05, 0.1) is 0 Å². The Kier molecular flexibility index (Phi) is 3.04. The first-order valence-corrected chi connectivity index (χ1v) is 7.52. The molecule has 2 aliphatic rings. The number of fused-ring (bicyclic) bond motifs is 1. The highest BCUT2D eigenvalue weighted by Crippen LogP contribution is 2.42. The zero-order chi connectivity index (χ0) is 12.0. The van der Waals surface area contributed by atoms with Gasteiger partial charge in [0.15, 0.2) is 0 Å². The molecule has 0 radical (unpaired) electrons. The molecular formula is C15H20BrN. The molecule has 17 heavy (non-hydrogen) atoms. The van der Waals surface area contributed by atoms with E-state index in [1.165, 1.54) is 30.2 Å². The topological polar surface area (TPSA) is 3.24 Å². The highest BCUT2D eigenvalue weighted by atomic mass is 79.9. The third-order valence-corrected chi connectivity index (χ3v) is 5.02. The number of benzene rings is 1. The van der Waals surface area contributed by atoms with E-state index < -0.39 is 0 Å². The van der Waals surface area contributed by atoms with Crippen molar-refractivity contribution in [3.05, 3.63) is 33.8 Å². The summed E-state index contributed by atoms with van der Waals surface area (Å²) in [5, 5.41) is 0. The number of likely N-dealkylation sites (tertiary alicyclic amines) is 1. The van der Waals surface area contributed by atoms with Crippen molar-refractivity contribution in [3.63, 3.8) is 0 Å². The van der Waals surface area contributed by atoms with E-state index in [2.05, 4.69) is 52.9 Å². The molecule has 0 amide bonds. The van der Waals surface area contributed by atoms with E-state index in [9.17, 15) is 0 Å². The molecule has 3 unspecified atom stereocenters. The van der Waals surface area contributed by atoms with Crippen LogP contribution < -0.4 is 0 Å². The quantitative estimate of drug-likeness (QED) is 0.746. The van der Waals surface area contributed by atoms with Gasteiger partial charge in [-0.1, -0.05) is 22.0 Å². The van der Waals surface area contributed by atoms with E-state index in [1.54, 1.807) is 11.1 Å². The molecule has 92 valence electrons. The summed E-state index contributed by atoms with van der Waals surface area (Å²) < 4.78 is 1.22. The van der Waals surface area contributed by atoms with Gasteiger partial charge >= 0.3 is 0 Å². The summed E-state index contributed by atoms with van der Waals surface area (Å²) in [5.41, 5.74) is 3.13. The van der Waals surface area contributed by atoms with E-state index in [0.717, 1.165) is 12.1 Å². The normalized spacial score (nSPS) is 33.0. The minimum atomic E-state index is 0.672. The van der Waals surface area contributed by atoms with Crippen molar-refractivity contribution in [2.45, 2.75) is 57.7 Å². The molecule has 0 saturated carbocycles. The molecule has 1 aliphatic heterocycles. The van der Waals surface area contributed by atoms with Gasteiger partial charge in [0, 0.05) is 22.6 Å². The lowest BCUT2D eigenvalue weighted by atomic mass is 10.1. The van der Waals surface area contributed by atoms with Gasteiger partial charge in [-0.15, -0.1) is 0 Å². The summed E-state index contributed by atoms with van der Waals surface area (Å²) in [6, 6.07) is 9.01. The lowest BCUT2D eigenvalue weighted by molar-refractivity contribution is 0.145. The maximum absolute atomic E-state index is 3.58. The molecule has 0 aromatic heterocycles. The number of halogens is 1. The molecule has 1 heterocycles. The Morgan fingerprint density at radius 3 is 2.53 bits per heavy atom. The smallest absolute Gasteiger partial charge is 0.0359 e. The van der Waals surface area contributed by atoms with E-state index in [0.29, 0.717) is 6.04 Å². The molecule has 1 fully saturated rings. The Balaban J connectivity index is 1.93. The van der Waals surface area contributed by atoms with Gasteiger partial charge in [-0.25, -0.2) is 0 Å². The molecule has 3 atom stereocenters. The van der Waals surface area contributed by atoms with Gasteiger partial charge in [-0.3, -0.25) is 4.90 Å². The zero-order valence-corrected chi connectivity index (χ0v) is 12.2. The second-order valence-corrected chi connectivity index (χ2v) is 6.54. The molecule has 1 nitrogen and oxygen atoms in total. The fraction of sp³-hybridized carbons (Fsp3) is 0.600.